The van der Waals surface area contributed by atoms with E-state index in [4.69, 9.17) is 5.11 Å². The summed E-state index contributed by atoms with van der Waals surface area (Å²) in [5.41, 5.74) is 0.248. The molecular formula is C6H6N2O2. The molecule has 0 atom stereocenters. The lowest BCUT2D eigenvalue weighted by atomic mass is 10.3. The van der Waals surface area contributed by atoms with E-state index in [1.807, 2.05) is 0 Å². The first kappa shape index (κ1) is 6.82. The van der Waals surface area contributed by atoms with Crippen molar-refractivity contribution in [3.63, 3.8) is 0 Å². The van der Waals surface area contributed by atoms with E-state index in [0.717, 1.165) is 0 Å². The second-order valence-corrected chi connectivity index (χ2v) is 1.68. The van der Waals surface area contributed by atoms with Crippen molar-refractivity contribution in [3.8, 4) is 0 Å². The number of hydrogen-bond donors (Lipinski definition) is 1. The Hall–Kier alpha value is -1.29. The van der Waals surface area contributed by atoms with E-state index in [1.165, 1.54) is 18.6 Å². The van der Waals surface area contributed by atoms with Gasteiger partial charge >= 0.3 is 0 Å². The number of ketones is 1. The van der Waals surface area contributed by atoms with E-state index in [1.54, 1.807) is 0 Å². The van der Waals surface area contributed by atoms with Gasteiger partial charge in [-0.1, -0.05) is 0 Å². The molecule has 0 unspecified atom stereocenters. The van der Waals surface area contributed by atoms with Crippen molar-refractivity contribution in [1.82, 2.24) is 9.97 Å². The quantitative estimate of drug-likeness (QED) is 0.567. The minimum atomic E-state index is -0.503. The summed E-state index contributed by atoms with van der Waals surface area (Å²) in [4.78, 5) is 17.9. The highest BCUT2D eigenvalue weighted by molar-refractivity contribution is 5.94. The summed E-state index contributed by atoms with van der Waals surface area (Å²) < 4.78 is 0. The zero-order valence-electron chi connectivity index (χ0n) is 5.19. The molecule has 52 valence electrons. The molecule has 4 nitrogen and oxygen atoms in total. The topological polar surface area (TPSA) is 63.1 Å². The molecule has 0 radical (unpaired) electrons. The van der Waals surface area contributed by atoms with Crippen LogP contribution in [-0.4, -0.2) is 27.5 Å². The lowest BCUT2D eigenvalue weighted by Crippen LogP contribution is -2.06. The number of rotatable bonds is 2. The molecule has 1 aromatic heterocycles. The van der Waals surface area contributed by atoms with E-state index in [0.29, 0.717) is 0 Å². The van der Waals surface area contributed by atoms with Crippen LogP contribution >= 0.6 is 0 Å². The number of aliphatic hydroxyl groups is 1. The maximum absolute atomic E-state index is 10.7. The minimum absolute atomic E-state index is 0.248. The summed E-state index contributed by atoms with van der Waals surface area (Å²) in [5.74, 6) is -0.387. The van der Waals surface area contributed by atoms with Crippen LogP contribution in [0.1, 0.15) is 10.5 Å². The molecule has 1 heterocycles. The van der Waals surface area contributed by atoms with Gasteiger partial charge in [0.15, 0.2) is 0 Å². The van der Waals surface area contributed by atoms with Gasteiger partial charge in [0.1, 0.15) is 18.6 Å². The van der Waals surface area contributed by atoms with Crippen molar-refractivity contribution in [3.05, 3.63) is 24.3 Å². The Balaban J connectivity index is 2.85. The standard InChI is InChI=1S/C6H6N2O2/c9-3-6(10)5-1-2-7-4-8-5/h1-2,4,9H,3H2. The number of Topliss-reactive ketones (excluding diaryl/α,β-unsaturated/α-hetero) is 1. The minimum Gasteiger partial charge on any atom is -0.388 e. The zero-order valence-corrected chi connectivity index (χ0v) is 5.19. The second kappa shape index (κ2) is 3.03. The van der Waals surface area contributed by atoms with Crippen molar-refractivity contribution < 1.29 is 9.90 Å². The fourth-order valence-electron chi connectivity index (χ4n) is 0.537. The molecule has 0 saturated carbocycles. The summed E-state index contributed by atoms with van der Waals surface area (Å²) in [6.45, 7) is -0.503. The van der Waals surface area contributed by atoms with Crippen molar-refractivity contribution in [1.29, 1.82) is 0 Å². The number of hydrogen-bond acceptors (Lipinski definition) is 4. The maximum atomic E-state index is 10.7. The Morgan fingerprint density at radius 1 is 1.70 bits per heavy atom. The van der Waals surface area contributed by atoms with Gasteiger partial charge in [-0.25, -0.2) is 9.97 Å². The van der Waals surface area contributed by atoms with Crippen LogP contribution in [0.3, 0.4) is 0 Å². The van der Waals surface area contributed by atoms with Gasteiger partial charge in [0.25, 0.3) is 0 Å². The largest absolute Gasteiger partial charge is 0.388 e. The molecule has 0 aromatic carbocycles. The first-order chi connectivity index (χ1) is 4.84. The SMILES string of the molecule is O=C(CO)c1ccncn1. The Bertz CT molecular complexity index is 222. The van der Waals surface area contributed by atoms with Crippen molar-refractivity contribution >= 4 is 5.78 Å². The van der Waals surface area contributed by atoms with Gasteiger partial charge in [0.2, 0.25) is 5.78 Å². The summed E-state index contributed by atoms with van der Waals surface area (Å²) in [6.07, 6.45) is 2.72. The van der Waals surface area contributed by atoms with E-state index in [9.17, 15) is 4.79 Å². The van der Waals surface area contributed by atoms with Crippen LogP contribution in [0.2, 0.25) is 0 Å². The molecule has 0 saturated heterocycles. The lowest BCUT2D eigenvalue weighted by molar-refractivity contribution is 0.0898. The van der Waals surface area contributed by atoms with Crippen LogP contribution in [0.25, 0.3) is 0 Å². The summed E-state index contributed by atoms with van der Waals surface area (Å²) in [7, 11) is 0. The molecule has 1 rings (SSSR count). The normalized spacial score (nSPS) is 9.30. The molecular weight excluding hydrogens is 132 g/mol. The average molecular weight is 138 g/mol. The third-order valence-electron chi connectivity index (χ3n) is 1.01. The summed E-state index contributed by atoms with van der Waals surface area (Å²) >= 11 is 0. The highest BCUT2D eigenvalue weighted by Gasteiger charge is 2.02. The molecule has 4 heteroatoms. The Labute approximate surface area is 57.6 Å². The fraction of sp³-hybridized carbons (Fsp3) is 0.167. The molecule has 1 aromatic rings. The van der Waals surface area contributed by atoms with Crippen LogP contribution in [0.5, 0.6) is 0 Å². The van der Waals surface area contributed by atoms with Crippen molar-refractivity contribution in [2.75, 3.05) is 6.61 Å². The molecule has 0 spiro atoms. The van der Waals surface area contributed by atoms with Crippen LogP contribution < -0.4 is 0 Å². The van der Waals surface area contributed by atoms with Crippen LogP contribution in [0, 0.1) is 0 Å². The van der Waals surface area contributed by atoms with Crippen molar-refractivity contribution in [2.24, 2.45) is 0 Å². The van der Waals surface area contributed by atoms with Crippen LogP contribution in [0.15, 0.2) is 18.6 Å². The smallest absolute Gasteiger partial charge is 0.206 e. The Morgan fingerprint density at radius 3 is 3.00 bits per heavy atom. The monoisotopic (exact) mass is 138 g/mol. The molecule has 1 N–H and O–H groups in total. The number of aliphatic hydroxyl groups excluding tert-OH is 1. The number of carbonyl (C=O) groups is 1. The van der Waals surface area contributed by atoms with Gasteiger partial charge in [-0.3, -0.25) is 4.79 Å². The highest BCUT2D eigenvalue weighted by Crippen LogP contribution is 1.90. The molecule has 0 fully saturated rings. The van der Waals surface area contributed by atoms with Gasteiger partial charge in [-0.05, 0) is 6.07 Å². The third-order valence-corrected chi connectivity index (χ3v) is 1.01. The maximum Gasteiger partial charge on any atom is 0.206 e. The molecule has 0 amide bonds. The summed E-state index contributed by atoms with van der Waals surface area (Å²) in [6, 6.07) is 1.46. The molecule has 0 aliphatic rings. The predicted molar refractivity (Wildman–Crippen MR) is 33.4 cm³/mol. The summed E-state index contributed by atoms with van der Waals surface area (Å²) in [5, 5.41) is 8.38. The third kappa shape index (κ3) is 1.35. The first-order valence-corrected chi connectivity index (χ1v) is 2.74. The molecule has 0 aliphatic heterocycles. The molecule has 10 heavy (non-hydrogen) atoms. The number of aromatic nitrogens is 2. The first-order valence-electron chi connectivity index (χ1n) is 2.74. The molecule has 0 bridgehead atoms. The van der Waals surface area contributed by atoms with Crippen molar-refractivity contribution in [2.45, 2.75) is 0 Å². The second-order valence-electron chi connectivity index (χ2n) is 1.68. The van der Waals surface area contributed by atoms with E-state index in [2.05, 4.69) is 9.97 Å². The number of carbonyl (C=O) groups excluding carboxylic acids is 1. The fourth-order valence-corrected chi connectivity index (χ4v) is 0.537. The van der Waals surface area contributed by atoms with Crippen LogP contribution in [-0.2, 0) is 0 Å². The highest BCUT2D eigenvalue weighted by atomic mass is 16.3. The Kier molecular flexibility index (Phi) is 2.07. The van der Waals surface area contributed by atoms with Gasteiger partial charge < -0.3 is 5.11 Å². The average Bonchev–Trinajstić information content (AvgIpc) is 2.05. The predicted octanol–water partition coefficient (Wildman–Crippen LogP) is -0.348. The van der Waals surface area contributed by atoms with Gasteiger partial charge in [0.05, 0.1) is 0 Å². The number of nitrogens with zero attached hydrogens (tertiary/aromatic N) is 2. The Morgan fingerprint density at radius 2 is 2.50 bits per heavy atom. The van der Waals surface area contributed by atoms with E-state index in [-0.39, 0.29) is 11.5 Å². The molecule has 0 aliphatic carbocycles. The zero-order chi connectivity index (χ0) is 7.40. The van der Waals surface area contributed by atoms with Gasteiger partial charge in [-0.2, -0.15) is 0 Å². The van der Waals surface area contributed by atoms with Gasteiger partial charge in [-0.15, -0.1) is 0 Å². The van der Waals surface area contributed by atoms with E-state index >= 15 is 0 Å². The van der Waals surface area contributed by atoms with Gasteiger partial charge in [0, 0.05) is 6.20 Å². The van der Waals surface area contributed by atoms with E-state index < -0.39 is 6.61 Å². The van der Waals surface area contributed by atoms with Crippen LogP contribution in [0.4, 0.5) is 0 Å². The lowest BCUT2D eigenvalue weighted by Gasteiger charge is -1.91.